The highest BCUT2D eigenvalue weighted by atomic mass is 16.3. The Balaban J connectivity index is 1.93. The summed E-state index contributed by atoms with van der Waals surface area (Å²) in [5, 5.41) is 0.607. The monoisotopic (exact) mass is 317 g/mol. The zero-order valence-electron chi connectivity index (χ0n) is 13.8. The largest absolute Gasteiger partial charge is 0.456 e. The Morgan fingerprint density at radius 3 is 2.75 bits per heavy atom. The molecule has 24 heavy (non-hydrogen) atoms. The Labute approximate surface area is 140 Å². The predicted molar refractivity (Wildman–Crippen MR) is 99.0 cm³/mol. The van der Waals surface area contributed by atoms with E-state index >= 15 is 0 Å². The van der Waals surface area contributed by atoms with Gasteiger partial charge in [0.1, 0.15) is 11.3 Å². The molecule has 0 spiro atoms. The fourth-order valence-electron chi connectivity index (χ4n) is 3.35. The average Bonchev–Trinajstić information content (AvgIpc) is 2.94. The molecular formula is C21H19NO2. The molecule has 120 valence electrons. The molecule has 4 rings (SSSR count). The van der Waals surface area contributed by atoms with Crippen LogP contribution in [0.3, 0.4) is 0 Å². The lowest BCUT2D eigenvalue weighted by atomic mass is 10.0. The zero-order valence-corrected chi connectivity index (χ0v) is 13.8. The molecule has 1 aliphatic rings. The number of anilines is 1. The summed E-state index contributed by atoms with van der Waals surface area (Å²) >= 11 is 0. The highest BCUT2D eigenvalue weighted by Gasteiger charge is 2.24. The third kappa shape index (κ3) is 2.33. The first kappa shape index (κ1) is 14.8. The van der Waals surface area contributed by atoms with Crippen molar-refractivity contribution in [3.05, 3.63) is 74.6 Å². The molecule has 0 atom stereocenters. The van der Waals surface area contributed by atoms with Gasteiger partial charge in [0, 0.05) is 17.3 Å². The minimum absolute atomic E-state index is 0.0654. The number of aryl methyl sites for hydroxylation is 2. The lowest BCUT2D eigenvalue weighted by Gasteiger charge is -2.06. The van der Waals surface area contributed by atoms with Gasteiger partial charge in [0.2, 0.25) is 0 Å². The lowest BCUT2D eigenvalue weighted by molar-refractivity contribution is 0.585. The summed E-state index contributed by atoms with van der Waals surface area (Å²) < 4.78 is 6.07. The van der Waals surface area contributed by atoms with Crippen LogP contribution >= 0.6 is 0 Å². The molecule has 0 saturated carbocycles. The van der Waals surface area contributed by atoms with Crippen molar-refractivity contribution in [3.8, 4) is 0 Å². The molecule has 2 N–H and O–H groups in total. The molecule has 1 aromatic heterocycles. The maximum Gasteiger partial charge on any atom is 0.196 e. The summed E-state index contributed by atoms with van der Waals surface area (Å²) in [5.74, 6) is 0.721. The van der Waals surface area contributed by atoms with Gasteiger partial charge in [0.05, 0.1) is 5.39 Å². The molecule has 0 radical (unpaired) electrons. The Kier molecular flexibility index (Phi) is 3.31. The molecule has 3 aromatic rings. The van der Waals surface area contributed by atoms with E-state index in [-0.39, 0.29) is 5.43 Å². The van der Waals surface area contributed by atoms with E-state index in [0.717, 1.165) is 29.7 Å². The van der Waals surface area contributed by atoms with Gasteiger partial charge in [0.15, 0.2) is 5.43 Å². The molecular weight excluding hydrogens is 298 g/mol. The second-order valence-electron chi connectivity index (χ2n) is 6.52. The van der Waals surface area contributed by atoms with Crippen molar-refractivity contribution in [2.24, 2.45) is 0 Å². The number of hydrogen-bond acceptors (Lipinski definition) is 3. The fourth-order valence-corrected chi connectivity index (χ4v) is 3.35. The third-order valence-electron chi connectivity index (χ3n) is 4.71. The van der Waals surface area contributed by atoms with E-state index in [0.29, 0.717) is 16.7 Å². The van der Waals surface area contributed by atoms with E-state index < -0.39 is 0 Å². The van der Waals surface area contributed by atoms with Crippen molar-refractivity contribution in [1.29, 1.82) is 0 Å². The first-order chi connectivity index (χ1) is 11.5. The van der Waals surface area contributed by atoms with Crippen LogP contribution in [0.4, 0.5) is 5.69 Å². The highest BCUT2D eigenvalue weighted by Crippen LogP contribution is 2.34. The maximum atomic E-state index is 12.7. The van der Waals surface area contributed by atoms with E-state index in [1.54, 1.807) is 18.2 Å². The molecule has 0 amide bonds. The quantitative estimate of drug-likeness (QED) is 0.673. The van der Waals surface area contributed by atoms with E-state index in [9.17, 15) is 4.79 Å². The minimum Gasteiger partial charge on any atom is -0.456 e. The summed E-state index contributed by atoms with van der Waals surface area (Å²) in [6.07, 6.45) is 3.71. The molecule has 1 heterocycles. The topological polar surface area (TPSA) is 56.2 Å². The van der Waals surface area contributed by atoms with Gasteiger partial charge in [-0.15, -0.1) is 0 Å². The second-order valence-corrected chi connectivity index (χ2v) is 6.52. The van der Waals surface area contributed by atoms with E-state index in [1.165, 1.54) is 16.7 Å². The number of nitrogens with two attached hydrogens (primary N) is 1. The molecule has 1 aliphatic carbocycles. The first-order valence-corrected chi connectivity index (χ1v) is 8.16. The van der Waals surface area contributed by atoms with Crippen LogP contribution < -0.4 is 11.2 Å². The van der Waals surface area contributed by atoms with Crippen molar-refractivity contribution < 1.29 is 4.42 Å². The summed E-state index contributed by atoms with van der Waals surface area (Å²) in [6, 6.07) is 11.6. The molecule has 0 unspecified atom stereocenters. The summed E-state index contributed by atoms with van der Waals surface area (Å²) in [7, 11) is 0. The van der Waals surface area contributed by atoms with Crippen molar-refractivity contribution >= 4 is 28.3 Å². The normalized spacial score (nSPS) is 15.2. The van der Waals surface area contributed by atoms with Crippen LogP contribution in [-0.2, 0) is 6.42 Å². The van der Waals surface area contributed by atoms with Crippen LogP contribution in [0.25, 0.3) is 22.6 Å². The molecule has 2 aromatic carbocycles. The molecule has 3 heteroatoms. The predicted octanol–water partition coefficient (Wildman–Crippen LogP) is 4.48. The summed E-state index contributed by atoms with van der Waals surface area (Å²) in [4.78, 5) is 12.7. The van der Waals surface area contributed by atoms with Gasteiger partial charge >= 0.3 is 0 Å². The van der Waals surface area contributed by atoms with Crippen LogP contribution in [-0.4, -0.2) is 0 Å². The Morgan fingerprint density at radius 1 is 1.08 bits per heavy atom. The molecule has 0 bridgehead atoms. The molecule has 0 aliphatic heterocycles. The van der Waals surface area contributed by atoms with Gasteiger partial charge in [-0.05, 0) is 61.6 Å². The Bertz CT molecular complexity index is 1060. The van der Waals surface area contributed by atoms with Gasteiger partial charge < -0.3 is 10.2 Å². The van der Waals surface area contributed by atoms with Gasteiger partial charge in [-0.1, -0.05) is 23.8 Å². The standard InChI is InChI=1S/C21H19NO2/c1-12-3-4-13(2)15(9-12)10-14-5-7-18-20(23)17-8-6-16(22)11-19(17)24-21(14)18/h3-4,6,8-11H,5,7,22H2,1-2H3/b14-10+. The van der Waals surface area contributed by atoms with Crippen LogP contribution in [0.2, 0.25) is 0 Å². The van der Waals surface area contributed by atoms with Crippen LogP contribution in [0.15, 0.2) is 45.6 Å². The number of nitrogen functional groups attached to an aromatic ring is 1. The number of fused-ring (bicyclic) bond motifs is 2. The van der Waals surface area contributed by atoms with Crippen LogP contribution in [0.5, 0.6) is 0 Å². The lowest BCUT2D eigenvalue weighted by Crippen LogP contribution is -2.08. The van der Waals surface area contributed by atoms with Gasteiger partial charge in [-0.2, -0.15) is 0 Å². The number of rotatable bonds is 1. The van der Waals surface area contributed by atoms with Crippen molar-refractivity contribution in [1.82, 2.24) is 0 Å². The summed E-state index contributed by atoms with van der Waals surface area (Å²) in [5.41, 5.74) is 12.5. The van der Waals surface area contributed by atoms with Crippen molar-refractivity contribution in [3.63, 3.8) is 0 Å². The zero-order chi connectivity index (χ0) is 16.8. The van der Waals surface area contributed by atoms with Gasteiger partial charge in [0.25, 0.3) is 0 Å². The fraction of sp³-hybridized carbons (Fsp3) is 0.190. The van der Waals surface area contributed by atoms with Gasteiger partial charge in [-0.25, -0.2) is 0 Å². The Hall–Kier alpha value is -2.81. The van der Waals surface area contributed by atoms with Crippen molar-refractivity contribution in [2.75, 3.05) is 5.73 Å². The second kappa shape index (κ2) is 5.38. The SMILES string of the molecule is Cc1ccc(C)c(/C=C2\CCc3c2oc2cc(N)ccc2c3=O)c1. The minimum atomic E-state index is 0.0654. The average molecular weight is 317 g/mol. The number of benzene rings is 2. The molecule has 0 fully saturated rings. The van der Waals surface area contributed by atoms with Crippen LogP contribution in [0.1, 0.15) is 34.4 Å². The Morgan fingerprint density at radius 2 is 1.92 bits per heavy atom. The third-order valence-corrected chi connectivity index (χ3v) is 4.71. The van der Waals surface area contributed by atoms with E-state index in [4.69, 9.17) is 10.2 Å². The first-order valence-electron chi connectivity index (χ1n) is 8.16. The highest BCUT2D eigenvalue weighted by molar-refractivity contribution is 5.88. The smallest absolute Gasteiger partial charge is 0.196 e. The summed E-state index contributed by atoms with van der Waals surface area (Å²) in [6.45, 7) is 4.18. The van der Waals surface area contributed by atoms with E-state index in [2.05, 4.69) is 38.1 Å². The number of hydrogen-bond donors (Lipinski definition) is 1. The van der Waals surface area contributed by atoms with Gasteiger partial charge in [-0.3, -0.25) is 4.79 Å². The molecule has 0 saturated heterocycles. The molecule has 3 nitrogen and oxygen atoms in total. The van der Waals surface area contributed by atoms with E-state index in [1.807, 2.05) is 0 Å². The van der Waals surface area contributed by atoms with Crippen LogP contribution in [0, 0.1) is 13.8 Å². The number of allylic oxidation sites excluding steroid dienone is 1. The maximum absolute atomic E-state index is 12.7. The van der Waals surface area contributed by atoms with Crippen molar-refractivity contribution in [2.45, 2.75) is 26.7 Å².